The van der Waals surface area contributed by atoms with Gasteiger partial charge < -0.3 is 11.3 Å². The fourth-order valence-corrected chi connectivity index (χ4v) is 2.05. The minimum atomic E-state index is -0.246. The van der Waals surface area contributed by atoms with Gasteiger partial charge in [0.15, 0.2) is 0 Å². The van der Waals surface area contributed by atoms with Crippen LogP contribution >= 0.6 is 0 Å². The van der Waals surface area contributed by atoms with Crippen molar-refractivity contribution in [2.24, 2.45) is 0 Å². The summed E-state index contributed by atoms with van der Waals surface area (Å²) in [6.45, 7) is 5.67. The molecule has 1 aromatic carbocycles. The molecule has 25 heavy (non-hydrogen) atoms. The maximum atomic E-state index is 13.0. The summed E-state index contributed by atoms with van der Waals surface area (Å²) in [5.41, 5.74) is 4.76. The van der Waals surface area contributed by atoms with Crippen LogP contribution in [0.1, 0.15) is 26.0 Å². The van der Waals surface area contributed by atoms with E-state index in [-0.39, 0.29) is 18.1 Å². The molecule has 0 aliphatic rings. The summed E-state index contributed by atoms with van der Waals surface area (Å²) in [6, 6.07) is 10.3. The van der Waals surface area contributed by atoms with E-state index in [1.54, 1.807) is 31.5 Å². The Bertz CT molecular complexity index is 769. The lowest BCUT2D eigenvalue weighted by molar-refractivity contribution is 0.191. The smallest absolute Gasteiger partial charge is 0.123 e. The van der Waals surface area contributed by atoms with Gasteiger partial charge in [-0.25, -0.2) is 4.39 Å². The van der Waals surface area contributed by atoms with Gasteiger partial charge in [0.2, 0.25) is 0 Å². The quantitative estimate of drug-likeness (QED) is 0.650. The Labute approximate surface area is 147 Å². The Morgan fingerprint density at radius 1 is 1.16 bits per heavy atom. The number of halogens is 1. The molecule has 0 radical (unpaired) electrons. The Morgan fingerprint density at radius 3 is 2.36 bits per heavy atom. The number of hydrogen-bond acceptors (Lipinski definition) is 4. The lowest BCUT2D eigenvalue weighted by Crippen LogP contribution is -1.93. The Kier molecular flexibility index (Phi) is 7.91. The van der Waals surface area contributed by atoms with Crippen molar-refractivity contribution in [3.63, 3.8) is 0 Å². The summed E-state index contributed by atoms with van der Waals surface area (Å²) in [5, 5.41) is 15.4. The normalized spacial score (nSPS) is 11.1. The number of rotatable bonds is 3. The number of benzene rings is 1. The first-order chi connectivity index (χ1) is 11.5. The predicted molar refractivity (Wildman–Crippen MR) is 98.9 cm³/mol. The number of aliphatic hydroxyl groups is 1. The summed E-state index contributed by atoms with van der Waals surface area (Å²) in [6.07, 6.45) is 4.29. The molecule has 0 bridgehead atoms. The maximum absolute atomic E-state index is 13.0. The predicted octanol–water partition coefficient (Wildman–Crippen LogP) is 4.53. The molecule has 0 fully saturated rings. The molecular formula is C19H25FN4O. The molecule has 0 aliphatic carbocycles. The molecule has 0 spiro atoms. The van der Waals surface area contributed by atoms with Crippen LogP contribution in [0, 0.1) is 12.7 Å². The Morgan fingerprint density at radius 2 is 1.80 bits per heavy atom. The second kappa shape index (κ2) is 9.66. The molecule has 0 amide bonds. The van der Waals surface area contributed by atoms with E-state index < -0.39 is 0 Å². The van der Waals surface area contributed by atoms with Crippen molar-refractivity contribution >= 4 is 0 Å². The number of aromatic amines is 1. The van der Waals surface area contributed by atoms with Crippen molar-refractivity contribution < 1.29 is 9.50 Å². The van der Waals surface area contributed by atoms with Crippen LogP contribution < -0.4 is 6.15 Å². The summed E-state index contributed by atoms with van der Waals surface area (Å²) in [7, 11) is 0. The fourth-order valence-electron chi connectivity index (χ4n) is 2.05. The Balaban J connectivity index is 0.000000462. The van der Waals surface area contributed by atoms with Crippen LogP contribution in [0.4, 0.5) is 4.39 Å². The van der Waals surface area contributed by atoms with Crippen molar-refractivity contribution in [2.75, 3.05) is 0 Å². The van der Waals surface area contributed by atoms with E-state index in [2.05, 4.69) is 15.2 Å². The van der Waals surface area contributed by atoms with Gasteiger partial charge in [-0.2, -0.15) is 5.10 Å². The first-order valence-corrected chi connectivity index (χ1v) is 7.91. The lowest BCUT2D eigenvalue weighted by atomic mass is 10.0. The van der Waals surface area contributed by atoms with Crippen LogP contribution in [0.2, 0.25) is 0 Å². The number of H-pyrrole nitrogens is 1. The van der Waals surface area contributed by atoms with Crippen LogP contribution in [0.5, 0.6) is 0 Å². The highest BCUT2D eigenvalue weighted by Crippen LogP contribution is 2.30. The highest BCUT2D eigenvalue weighted by molar-refractivity contribution is 5.80. The van der Waals surface area contributed by atoms with Crippen molar-refractivity contribution in [3.05, 3.63) is 60.3 Å². The van der Waals surface area contributed by atoms with Crippen molar-refractivity contribution in [3.8, 4) is 22.4 Å². The minimum Gasteiger partial charge on any atom is -0.393 e. The van der Waals surface area contributed by atoms with E-state index in [4.69, 9.17) is 5.11 Å². The number of aryl methyl sites for hydroxylation is 1. The van der Waals surface area contributed by atoms with Gasteiger partial charge in [0.1, 0.15) is 5.82 Å². The fraction of sp³-hybridized carbons (Fsp3) is 0.263. The zero-order chi connectivity index (χ0) is 17.5. The van der Waals surface area contributed by atoms with Gasteiger partial charge in [0, 0.05) is 23.0 Å². The molecule has 134 valence electrons. The van der Waals surface area contributed by atoms with E-state index in [1.807, 2.05) is 26.0 Å². The second-order valence-electron chi connectivity index (χ2n) is 5.61. The number of pyridine rings is 1. The van der Waals surface area contributed by atoms with E-state index in [0.29, 0.717) is 0 Å². The average Bonchev–Trinajstić information content (AvgIpc) is 3.06. The second-order valence-corrected chi connectivity index (χ2v) is 5.61. The van der Waals surface area contributed by atoms with Gasteiger partial charge in [0.25, 0.3) is 0 Å². The molecule has 2 heterocycles. The number of nitrogens with zero attached hydrogens (tertiary/aromatic N) is 2. The molecule has 3 rings (SSSR count). The topological polar surface area (TPSA) is 96.8 Å². The molecule has 0 unspecified atom stereocenters. The summed E-state index contributed by atoms with van der Waals surface area (Å²) < 4.78 is 13.0. The molecule has 6 heteroatoms. The van der Waals surface area contributed by atoms with Gasteiger partial charge >= 0.3 is 0 Å². The molecule has 0 aliphatic heterocycles. The molecule has 5 N–H and O–H groups in total. The number of aromatic nitrogens is 3. The third kappa shape index (κ3) is 5.77. The van der Waals surface area contributed by atoms with E-state index in [0.717, 1.165) is 34.5 Å². The van der Waals surface area contributed by atoms with E-state index >= 15 is 0 Å². The van der Waals surface area contributed by atoms with E-state index in [9.17, 15) is 4.39 Å². The summed E-state index contributed by atoms with van der Waals surface area (Å²) in [4.78, 5) is 4.18. The molecule has 1 atom stereocenters. The highest BCUT2D eigenvalue weighted by Gasteiger charge is 2.10. The first kappa shape index (κ1) is 20.5. The number of aliphatic hydroxyl groups excluding tert-OH is 1. The average molecular weight is 344 g/mol. The number of nitrogens with one attached hydrogen (secondary N) is 1. The van der Waals surface area contributed by atoms with Crippen molar-refractivity contribution in [1.82, 2.24) is 21.3 Å². The monoisotopic (exact) mass is 344 g/mol. The van der Waals surface area contributed by atoms with Crippen molar-refractivity contribution in [1.29, 1.82) is 0 Å². The van der Waals surface area contributed by atoms with E-state index in [1.165, 1.54) is 12.1 Å². The largest absolute Gasteiger partial charge is 0.393 e. The van der Waals surface area contributed by atoms with Crippen molar-refractivity contribution in [2.45, 2.75) is 33.3 Å². The van der Waals surface area contributed by atoms with Gasteiger partial charge in [-0.3, -0.25) is 10.1 Å². The van der Waals surface area contributed by atoms with Crippen LogP contribution in [0.25, 0.3) is 22.4 Å². The first-order valence-electron chi connectivity index (χ1n) is 7.91. The SMILES string of the molecule is CC[C@@H](C)O.Cc1cc(-c2cn[nH]c2-c2ccc(F)cc2)ccn1.N. The molecule has 5 nitrogen and oxygen atoms in total. The zero-order valence-electron chi connectivity index (χ0n) is 14.8. The lowest BCUT2D eigenvalue weighted by Gasteiger charge is -2.04. The van der Waals surface area contributed by atoms with Crippen LogP contribution in [0.15, 0.2) is 48.8 Å². The standard InChI is InChI=1S/C15H12FN3.C4H10O.H3N/c1-10-8-12(6-7-17-10)14-9-18-19-15(14)11-2-4-13(16)5-3-11;1-3-4(2)5;/h2-9H,1H3,(H,18,19);4-5H,3H2,1-2H3;1H3/t;4-;/m.1./s1. The van der Waals surface area contributed by atoms with Gasteiger partial charge in [-0.1, -0.05) is 6.92 Å². The van der Waals surface area contributed by atoms with Gasteiger partial charge in [0.05, 0.1) is 18.0 Å². The third-order valence-corrected chi connectivity index (χ3v) is 3.57. The molecule has 0 saturated heterocycles. The summed E-state index contributed by atoms with van der Waals surface area (Å²) in [5.74, 6) is -0.246. The third-order valence-electron chi connectivity index (χ3n) is 3.57. The maximum Gasteiger partial charge on any atom is 0.123 e. The molecule has 0 saturated carbocycles. The van der Waals surface area contributed by atoms with Crippen LogP contribution in [-0.4, -0.2) is 26.4 Å². The molecular weight excluding hydrogens is 319 g/mol. The Hall–Kier alpha value is -2.57. The summed E-state index contributed by atoms with van der Waals surface area (Å²) >= 11 is 0. The highest BCUT2D eigenvalue weighted by atomic mass is 19.1. The van der Waals surface area contributed by atoms with Gasteiger partial charge in [-0.05, 0) is 62.2 Å². The zero-order valence-corrected chi connectivity index (χ0v) is 14.8. The van der Waals surface area contributed by atoms with Gasteiger partial charge in [-0.15, -0.1) is 0 Å². The van der Waals surface area contributed by atoms with Crippen LogP contribution in [0.3, 0.4) is 0 Å². The number of hydrogen-bond donors (Lipinski definition) is 3. The molecule has 3 aromatic rings. The van der Waals surface area contributed by atoms with Crippen LogP contribution in [-0.2, 0) is 0 Å². The minimum absolute atomic E-state index is 0. The molecule has 2 aromatic heterocycles.